The Kier molecular flexibility index (Phi) is 4.50. The lowest BCUT2D eigenvalue weighted by atomic mass is 10.2. The van der Waals surface area contributed by atoms with Crippen LogP contribution in [-0.4, -0.2) is 24.4 Å². The summed E-state index contributed by atoms with van der Waals surface area (Å²) in [5.74, 6) is 0. The van der Waals surface area contributed by atoms with E-state index < -0.39 is 6.16 Å². The number of carboxylic acid groups (broad SMARTS) is 1. The van der Waals surface area contributed by atoms with Crippen molar-refractivity contribution in [1.29, 1.82) is 0 Å². The van der Waals surface area contributed by atoms with E-state index in [-0.39, 0.29) is 6.61 Å². The van der Waals surface area contributed by atoms with Gasteiger partial charge in [-0.1, -0.05) is 30.3 Å². The third-order valence-electron chi connectivity index (χ3n) is 1.68. The molecule has 1 aromatic carbocycles. The fourth-order valence-corrected chi connectivity index (χ4v) is 1.04. The molecule has 0 spiro atoms. The highest BCUT2D eigenvalue weighted by molar-refractivity contribution is 5.56. The Morgan fingerprint density at radius 1 is 1.36 bits per heavy atom. The lowest BCUT2D eigenvalue weighted by Crippen LogP contribution is -2.20. The van der Waals surface area contributed by atoms with Gasteiger partial charge in [-0.05, 0) is 5.56 Å². The van der Waals surface area contributed by atoms with Crippen molar-refractivity contribution >= 4 is 6.16 Å². The second-order valence-electron chi connectivity index (χ2n) is 2.78. The van der Waals surface area contributed by atoms with E-state index in [4.69, 9.17) is 5.11 Å². The van der Waals surface area contributed by atoms with E-state index >= 15 is 0 Å². The Labute approximate surface area is 82.5 Å². The molecule has 0 amide bonds. The number of rotatable bonds is 5. The quantitative estimate of drug-likeness (QED) is 0.551. The first-order valence-corrected chi connectivity index (χ1v) is 4.39. The number of ether oxygens (including phenoxy) is 1. The summed E-state index contributed by atoms with van der Waals surface area (Å²) >= 11 is 0. The second kappa shape index (κ2) is 5.99. The molecule has 0 unspecified atom stereocenters. The van der Waals surface area contributed by atoms with Gasteiger partial charge in [0.15, 0.2) is 0 Å². The fourth-order valence-electron chi connectivity index (χ4n) is 1.04. The number of carbonyl (C=O) groups is 1. The van der Waals surface area contributed by atoms with Crippen LogP contribution in [0.15, 0.2) is 30.3 Å². The van der Waals surface area contributed by atoms with Crippen molar-refractivity contribution in [3.05, 3.63) is 35.9 Å². The first-order valence-electron chi connectivity index (χ1n) is 4.39. The molecule has 14 heavy (non-hydrogen) atoms. The van der Waals surface area contributed by atoms with Crippen molar-refractivity contribution in [2.75, 3.05) is 13.2 Å². The van der Waals surface area contributed by atoms with Crippen LogP contribution in [0.4, 0.5) is 4.79 Å². The van der Waals surface area contributed by atoms with E-state index in [1.165, 1.54) is 5.56 Å². The van der Waals surface area contributed by atoms with Crippen molar-refractivity contribution in [2.24, 2.45) is 0 Å². The van der Waals surface area contributed by atoms with Gasteiger partial charge in [0.25, 0.3) is 0 Å². The molecule has 0 radical (unpaired) electrons. The van der Waals surface area contributed by atoms with Crippen LogP contribution in [0.25, 0.3) is 0 Å². The molecule has 0 bridgehead atoms. The molecule has 0 aliphatic carbocycles. The predicted octanol–water partition coefficient (Wildman–Crippen LogP) is 1.47. The summed E-state index contributed by atoms with van der Waals surface area (Å²) in [7, 11) is 0. The Hall–Kier alpha value is -1.55. The van der Waals surface area contributed by atoms with Crippen LogP contribution >= 0.6 is 0 Å². The molecule has 0 atom stereocenters. The van der Waals surface area contributed by atoms with Crippen LogP contribution in [-0.2, 0) is 11.3 Å². The van der Waals surface area contributed by atoms with Gasteiger partial charge in [-0.15, -0.1) is 0 Å². The minimum absolute atomic E-state index is 0.183. The van der Waals surface area contributed by atoms with Crippen molar-refractivity contribution < 1.29 is 14.6 Å². The molecule has 0 aliphatic rings. The Balaban J connectivity index is 2.08. The molecule has 2 N–H and O–H groups in total. The normalized spacial score (nSPS) is 9.71. The van der Waals surface area contributed by atoms with Crippen LogP contribution < -0.4 is 5.32 Å². The zero-order valence-corrected chi connectivity index (χ0v) is 7.77. The summed E-state index contributed by atoms with van der Waals surface area (Å²) in [5.41, 5.74) is 1.17. The van der Waals surface area contributed by atoms with Gasteiger partial charge in [0.2, 0.25) is 0 Å². The molecular weight excluding hydrogens is 182 g/mol. The number of hydrogen-bond donors (Lipinski definition) is 2. The van der Waals surface area contributed by atoms with Crippen LogP contribution in [0.5, 0.6) is 0 Å². The van der Waals surface area contributed by atoms with Gasteiger partial charge >= 0.3 is 6.16 Å². The van der Waals surface area contributed by atoms with Crippen LogP contribution in [0, 0.1) is 0 Å². The highest BCUT2D eigenvalue weighted by Gasteiger charge is 1.95. The number of benzene rings is 1. The predicted molar refractivity (Wildman–Crippen MR) is 52.1 cm³/mol. The van der Waals surface area contributed by atoms with Gasteiger partial charge in [0, 0.05) is 13.1 Å². The molecule has 0 aliphatic heterocycles. The first kappa shape index (κ1) is 10.5. The van der Waals surface area contributed by atoms with Gasteiger partial charge in [-0.3, -0.25) is 0 Å². The molecule has 76 valence electrons. The molecule has 0 aromatic heterocycles. The maximum atomic E-state index is 9.98. The van der Waals surface area contributed by atoms with Crippen LogP contribution in [0.3, 0.4) is 0 Å². The zero-order chi connectivity index (χ0) is 10.2. The number of hydrogen-bond acceptors (Lipinski definition) is 3. The third kappa shape index (κ3) is 4.47. The summed E-state index contributed by atoms with van der Waals surface area (Å²) in [4.78, 5) is 9.98. The molecule has 1 aromatic rings. The van der Waals surface area contributed by atoms with E-state index in [2.05, 4.69) is 10.1 Å². The topological polar surface area (TPSA) is 58.6 Å². The third-order valence-corrected chi connectivity index (χ3v) is 1.68. The first-order chi connectivity index (χ1) is 6.79. The molecule has 0 saturated heterocycles. The Bertz CT molecular complexity index is 274. The van der Waals surface area contributed by atoms with Crippen molar-refractivity contribution in [2.45, 2.75) is 6.54 Å². The van der Waals surface area contributed by atoms with Gasteiger partial charge in [-0.25, -0.2) is 4.79 Å². The highest BCUT2D eigenvalue weighted by Crippen LogP contribution is 1.96. The minimum atomic E-state index is -1.23. The van der Waals surface area contributed by atoms with E-state index in [0.717, 1.165) is 6.54 Å². The summed E-state index contributed by atoms with van der Waals surface area (Å²) in [6, 6.07) is 9.89. The second-order valence-corrected chi connectivity index (χ2v) is 2.78. The smallest absolute Gasteiger partial charge is 0.450 e. The summed E-state index contributed by atoms with van der Waals surface area (Å²) in [6.45, 7) is 1.44. The SMILES string of the molecule is O=C(O)OCCNCc1ccccc1. The maximum absolute atomic E-state index is 9.98. The summed E-state index contributed by atoms with van der Waals surface area (Å²) < 4.78 is 4.33. The van der Waals surface area contributed by atoms with Gasteiger partial charge in [-0.2, -0.15) is 0 Å². The highest BCUT2D eigenvalue weighted by atomic mass is 16.7. The Morgan fingerprint density at radius 2 is 2.07 bits per heavy atom. The summed E-state index contributed by atoms with van der Waals surface area (Å²) in [5, 5.41) is 11.2. The average Bonchev–Trinajstić information content (AvgIpc) is 2.18. The van der Waals surface area contributed by atoms with Crippen LogP contribution in [0.1, 0.15) is 5.56 Å². The monoisotopic (exact) mass is 195 g/mol. The standard InChI is InChI=1S/C10H13NO3/c12-10(13)14-7-6-11-8-9-4-2-1-3-5-9/h1-5,11H,6-8H2,(H,12,13). The van der Waals surface area contributed by atoms with Crippen LogP contribution in [0.2, 0.25) is 0 Å². The Morgan fingerprint density at radius 3 is 2.71 bits per heavy atom. The molecule has 1 rings (SSSR count). The fraction of sp³-hybridized carbons (Fsp3) is 0.300. The van der Waals surface area contributed by atoms with E-state index in [0.29, 0.717) is 6.54 Å². The lowest BCUT2D eigenvalue weighted by molar-refractivity contribution is 0.0923. The molecule has 0 heterocycles. The van der Waals surface area contributed by atoms with E-state index in [1.54, 1.807) is 0 Å². The van der Waals surface area contributed by atoms with Gasteiger partial charge < -0.3 is 15.2 Å². The molecular formula is C10H13NO3. The molecule has 0 saturated carbocycles. The largest absolute Gasteiger partial charge is 0.505 e. The average molecular weight is 195 g/mol. The minimum Gasteiger partial charge on any atom is -0.450 e. The van der Waals surface area contributed by atoms with Crippen molar-refractivity contribution in [1.82, 2.24) is 5.32 Å². The van der Waals surface area contributed by atoms with Gasteiger partial charge in [0.05, 0.1) is 0 Å². The zero-order valence-electron chi connectivity index (χ0n) is 7.77. The van der Waals surface area contributed by atoms with E-state index in [9.17, 15) is 4.79 Å². The molecule has 0 fully saturated rings. The van der Waals surface area contributed by atoms with E-state index in [1.807, 2.05) is 30.3 Å². The summed E-state index contributed by atoms with van der Waals surface area (Å²) in [6.07, 6.45) is -1.23. The van der Waals surface area contributed by atoms with Crippen molar-refractivity contribution in [3.8, 4) is 0 Å². The molecule has 4 nitrogen and oxygen atoms in total. The number of nitrogens with one attached hydrogen (secondary N) is 1. The molecule has 4 heteroatoms. The maximum Gasteiger partial charge on any atom is 0.505 e. The van der Waals surface area contributed by atoms with Crippen molar-refractivity contribution in [3.63, 3.8) is 0 Å². The van der Waals surface area contributed by atoms with Gasteiger partial charge in [0.1, 0.15) is 6.61 Å². The lowest BCUT2D eigenvalue weighted by Gasteiger charge is -2.03.